The van der Waals surface area contributed by atoms with Crippen LogP contribution in [0.1, 0.15) is 6.92 Å². The van der Waals surface area contributed by atoms with E-state index in [0.717, 1.165) is 0 Å². The molecule has 0 fully saturated rings. The van der Waals surface area contributed by atoms with Gasteiger partial charge in [-0.2, -0.15) is 20.1 Å². The number of aliphatic hydroxyl groups is 1. The third-order valence-corrected chi connectivity index (χ3v) is 2.50. The standard InChI is InChI=1S/C10H13ClN6O/c1-2-16(6-7-18)9-13-8(11)14-10(15-9)17-5-3-4-12-17/h3-5,18H,2,6-7H2,1H3. The van der Waals surface area contributed by atoms with Gasteiger partial charge in [-0.1, -0.05) is 0 Å². The number of hydrogen-bond acceptors (Lipinski definition) is 6. The van der Waals surface area contributed by atoms with E-state index in [2.05, 4.69) is 20.1 Å². The van der Waals surface area contributed by atoms with Gasteiger partial charge >= 0.3 is 0 Å². The minimum absolute atomic E-state index is 0.0221. The predicted molar refractivity (Wildman–Crippen MR) is 66.9 cm³/mol. The van der Waals surface area contributed by atoms with E-state index in [-0.39, 0.29) is 11.9 Å². The molecule has 0 unspecified atom stereocenters. The normalized spacial score (nSPS) is 10.6. The second kappa shape index (κ2) is 5.74. The molecule has 8 heteroatoms. The Hall–Kier alpha value is -1.73. The van der Waals surface area contributed by atoms with Crippen LogP contribution in [0, 0.1) is 0 Å². The molecule has 2 heterocycles. The highest BCUT2D eigenvalue weighted by molar-refractivity contribution is 6.28. The SMILES string of the molecule is CCN(CCO)c1nc(Cl)nc(-n2cccn2)n1. The van der Waals surface area contributed by atoms with E-state index in [1.165, 1.54) is 4.68 Å². The average molecular weight is 269 g/mol. The molecule has 96 valence electrons. The predicted octanol–water partition coefficient (Wildman–Crippen LogP) is 0.529. The molecular formula is C10H13ClN6O. The molecule has 0 bridgehead atoms. The lowest BCUT2D eigenvalue weighted by molar-refractivity contribution is 0.301. The molecule has 0 radical (unpaired) electrons. The Kier molecular flexibility index (Phi) is 4.06. The summed E-state index contributed by atoms with van der Waals surface area (Å²) >= 11 is 5.88. The van der Waals surface area contributed by atoms with E-state index in [9.17, 15) is 0 Å². The summed E-state index contributed by atoms with van der Waals surface area (Å²) in [5.74, 6) is 0.781. The summed E-state index contributed by atoms with van der Waals surface area (Å²) in [4.78, 5) is 14.1. The quantitative estimate of drug-likeness (QED) is 0.852. The van der Waals surface area contributed by atoms with Crippen LogP contribution in [-0.4, -0.2) is 49.5 Å². The summed E-state index contributed by atoms with van der Waals surface area (Å²) in [6, 6.07) is 1.77. The molecule has 0 spiro atoms. The number of anilines is 1. The third kappa shape index (κ3) is 2.74. The number of aromatic nitrogens is 5. The molecule has 2 aromatic heterocycles. The number of aliphatic hydroxyl groups excluding tert-OH is 1. The Labute approximate surface area is 109 Å². The maximum absolute atomic E-state index is 8.99. The smallest absolute Gasteiger partial charge is 0.256 e. The lowest BCUT2D eigenvalue weighted by atomic mass is 10.5. The van der Waals surface area contributed by atoms with Crippen molar-refractivity contribution in [1.29, 1.82) is 0 Å². The molecular weight excluding hydrogens is 256 g/mol. The zero-order valence-electron chi connectivity index (χ0n) is 9.86. The maximum atomic E-state index is 8.99. The molecule has 0 atom stereocenters. The average Bonchev–Trinajstić information content (AvgIpc) is 2.89. The first kappa shape index (κ1) is 12.7. The van der Waals surface area contributed by atoms with Crippen molar-refractivity contribution in [3.05, 3.63) is 23.7 Å². The van der Waals surface area contributed by atoms with Crippen molar-refractivity contribution in [3.8, 4) is 5.95 Å². The van der Waals surface area contributed by atoms with Crippen LogP contribution in [0.2, 0.25) is 5.28 Å². The van der Waals surface area contributed by atoms with Gasteiger partial charge in [-0.3, -0.25) is 0 Å². The van der Waals surface area contributed by atoms with Crippen molar-refractivity contribution < 1.29 is 5.11 Å². The van der Waals surface area contributed by atoms with Gasteiger partial charge in [0.15, 0.2) is 0 Å². The summed E-state index contributed by atoms with van der Waals surface area (Å²) in [6.45, 7) is 3.07. The second-order valence-corrected chi connectivity index (χ2v) is 3.80. The zero-order chi connectivity index (χ0) is 13.0. The molecule has 2 aromatic rings. The van der Waals surface area contributed by atoms with E-state index in [0.29, 0.717) is 25.0 Å². The van der Waals surface area contributed by atoms with Gasteiger partial charge in [0, 0.05) is 25.5 Å². The first-order chi connectivity index (χ1) is 8.74. The Morgan fingerprint density at radius 2 is 2.22 bits per heavy atom. The lowest BCUT2D eigenvalue weighted by Crippen LogP contribution is -2.28. The van der Waals surface area contributed by atoms with Gasteiger partial charge in [0.25, 0.3) is 5.95 Å². The minimum Gasteiger partial charge on any atom is -0.395 e. The van der Waals surface area contributed by atoms with E-state index < -0.39 is 0 Å². The summed E-state index contributed by atoms with van der Waals surface area (Å²) in [6.07, 6.45) is 3.35. The van der Waals surface area contributed by atoms with Gasteiger partial charge in [-0.05, 0) is 24.6 Å². The molecule has 0 aliphatic heterocycles. The van der Waals surface area contributed by atoms with E-state index in [1.54, 1.807) is 23.4 Å². The van der Waals surface area contributed by atoms with Crippen LogP contribution < -0.4 is 4.90 Å². The van der Waals surface area contributed by atoms with Crippen molar-refractivity contribution in [3.63, 3.8) is 0 Å². The molecule has 0 aromatic carbocycles. The lowest BCUT2D eigenvalue weighted by Gasteiger charge is -2.19. The molecule has 7 nitrogen and oxygen atoms in total. The topological polar surface area (TPSA) is 80.0 Å². The molecule has 0 amide bonds. The Morgan fingerprint density at radius 3 is 2.83 bits per heavy atom. The van der Waals surface area contributed by atoms with E-state index >= 15 is 0 Å². The largest absolute Gasteiger partial charge is 0.395 e. The summed E-state index contributed by atoms with van der Waals surface area (Å²) < 4.78 is 1.50. The fourth-order valence-corrected chi connectivity index (χ4v) is 1.63. The van der Waals surface area contributed by atoms with Crippen LogP contribution in [0.5, 0.6) is 0 Å². The first-order valence-electron chi connectivity index (χ1n) is 5.52. The fourth-order valence-electron chi connectivity index (χ4n) is 1.48. The fraction of sp³-hybridized carbons (Fsp3) is 0.400. The Balaban J connectivity index is 2.37. The molecule has 0 aliphatic carbocycles. The number of nitrogens with zero attached hydrogens (tertiary/aromatic N) is 6. The van der Waals surface area contributed by atoms with Gasteiger partial charge in [0.1, 0.15) is 0 Å². The highest BCUT2D eigenvalue weighted by Crippen LogP contribution is 2.12. The molecule has 18 heavy (non-hydrogen) atoms. The number of hydrogen-bond donors (Lipinski definition) is 1. The number of rotatable bonds is 5. The van der Waals surface area contributed by atoms with Crippen LogP contribution in [0.3, 0.4) is 0 Å². The second-order valence-electron chi connectivity index (χ2n) is 3.46. The molecule has 0 aliphatic rings. The summed E-state index contributed by atoms with van der Waals surface area (Å²) in [5.41, 5.74) is 0. The van der Waals surface area contributed by atoms with Gasteiger partial charge in [0.05, 0.1) is 6.61 Å². The van der Waals surface area contributed by atoms with Crippen molar-refractivity contribution in [2.24, 2.45) is 0 Å². The van der Waals surface area contributed by atoms with Gasteiger partial charge in [-0.25, -0.2) is 4.68 Å². The Morgan fingerprint density at radius 1 is 1.39 bits per heavy atom. The van der Waals surface area contributed by atoms with Crippen molar-refractivity contribution in [1.82, 2.24) is 24.7 Å². The molecule has 1 N–H and O–H groups in total. The van der Waals surface area contributed by atoms with Crippen LogP contribution in [-0.2, 0) is 0 Å². The first-order valence-corrected chi connectivity index (χ1v) is 5.89. The molecule has 0 saturated carbocycles. The Bertz CT molecular complexity index is 503. The maximum Gasteiger partial charge on any atom is 0.256 e. The molecule has 2 rings (SSSR count). The van der Waals surface area contributed by atoms with Crippen molar-refractivity contribution >= 4 is 17.5 Å². The summed E-state index contributed by atoms with van der Waals surface area (Å²) in [7, 11) is 0. The van der Waals surface area contributed by atoms with Crippen molar-refractivity contribution in [2.75, 3.05) is 24.6 Å². The third-order valence-electron chi connectivity index (χ3n) is 2.33. The minimum atomic E-state index is 0.0221. The van der Waals surface area contributed by atoms with E-state index in [1.807, 2.05) is 6.92 Å². The van der Waals surface area contributed by atoms with Crippen LogP contribution >= 0.6 is 11.6 Å². The van der Waals surface area contributed by atoms with Gasteiger partial charge in [0.2, 0.25) is 11.2 Å². The zero-order valence-corrected chi connectivity index (χ0v) is 10.6. The highest BCUT2D eigenvalue weighted by Gasteiger charge is 2.12. The number of halogens is 1. The van der Waals surface area contributed by atoms with Crippen LogP contribution in [0.25, 0.3) is 5.95 Å². The number of likely N-dealkylation sites (N-methyl/N-ethyl adjacent to an activating group) is 1. The van der Waals surface area contributed by atoms with Gasteiger partial charge < -0.3 is 10.0 Å². The van der Waals surface area contributed by atoms with E-state index in [4.69, 9.17) is 16.7 Å². The van der Waals surface area contributed by atoms with Gasteiger partial charge in [-0.15, -0.1) is 0 Å². The van der Waals surface area contributed by atoms with Crippen LogP contribution in [0.15, 0.2) is 18.5 Å². The molecule has 0 saturated heterocycles. The summed E-state index contributed by atoms with van der Waals surface area (Å²) in [5, 5.41) is 13.1. The van der Waals surface area contributed by atoms with Crippen LogP contribution in [0.4, 0.5) is 5.95 Å². The van der Waals surface area contributed by atoms with Crippen molar-refractivity contribution in [2.45, 2.75) is 6.92 Å². The highest BCUT2D eigenvalue weighted by atomic mass is 35.5. The monoisotopic (exact) mass is 268 g/mol.